The number of halogens is 1. The van der Waals surface area contributed by atoms with Crippen molar-refractivity contribution in [1.29, 1.82) is 0 Å². The van der Waals surface area contributed by atoms with Crippen LogP contribution in [0.15, 0.2) is 36.7 Å². The van der Waals surface area contributed by atoms with Gasteiger partial charge in [0.25, 0.3) is 0 Å². The highest BCUT2D eigenvalue weighted by Gasteiger charge is 2.70. The average molecular weight is 631 g/mol. The maximum atomic E-state index is 11.0. The Morgan fingerprint density at radius 3 is 2.22 bits per heavy atom. The highest BCUT2D eigenvalue weighted by Crippen LogP contribution is 2.77. The van der Waals surface area contributed by atoms with Crippen molar-refractivity contribution >= 4 is 0 Å². The fraction of sp³-hybridized carbons (Fsp3) is 0.806. The van der Waals surface area contributed by atoms with Gasteiger partial charge in [0.2, 0.25) is 0 Å². The molecule has 230 valence electrons. The molecule has 6 rings (SSSR count). The first-order chi connectivity index (χ1) is 18.9. The number of aliphatic hydroxyl groups excluding tert-OH is 3. The quantitative estimate of drug-likeness (QED) is 0.345. The Labute approximate surface area is 259 Å². The second-order valence-electron chi connectivity index (χ2n) is 16.4. The van der Waals surface area contributed by atoms with E-state index in [-0.39, 0.29) is 45.9 Å². The lowest BCUT2D eigenvalue weighted by atomic mass is 9.32. The first-order valence-electron chi connectivity index (χ1n) is 16.4. The van der Waals surface area contributed by atoms with Crippen molar-refractivity contribution in [1.82, 2.24) is 0 Å². The van der Waals surface area contributed by atoms with Crippen molar-refractivity contribution < 1.29 is 36.9 Å². The standard InChI is InChI=1S/C36H56NO3.BrH/c1-24(21-37-19-12-25(22-38)13-20-37)26-9-16-36(23-39)18-17-34(5)27(31(26)36)7-8-29-33(4)14-11-30(40)32(2,3)28(33)10-15-35(29,34)6;/h12-13,19-20,26-31,38-40H,1,7-11,14-18,21-23H2,2-6H3;1H/q+1;/p-1/t26-,27?,28?,29?,30-,31?,33-,34+,35+,36+;/m0./s1. The van der Waals surface area contributed by atoms with E-state index >= 15 is 0 Å². The Kier molecular flexibility index (Phi) is 8.27. The van der Waals surface area contributed by atoms with Crippen molar-refractivity contribution in [2.75, 3.05) is 6.61 Å². The third kappa shape index (κ3) is 4.40. The Bertz CT molecular complexity index is 1140. The van der Waals surface area contributed by atoms with Gasteiger partial charge in [-0.15, -0.1) is 0 Å². The molecule has 0 bridgehead atoms. The molecule has 4 nitrogen and oxygen atoms in total. The lowest BCUT2D eigenvalue weighted by molar-refractivity contribution is -0.689. The molecule has 0 aromatic carbocycles. The van der Waals surface area contributed by atoms with E-state index in [1.807, 2.05) is 12.1 Å². The molecule has 5 heteroatoms. The average Bonchev–Trinajstić information content (AvgIpc) is 3.32. The lowest BCUT2D eigenvalue weighted by Crippen LogP contribution is -3.00. The summed E-state index contributed by atoms with van der Waals surface area (Å²) >= 11 is 0. The third-order valence-corrected chi connectivity index (χ3v) is 15.0. The van der Waals surface area contributed by atoms with Gasteiger partial charge in [0.05, 0.1) is 12.7 Å². The molecule has 5 saturated carbocycles. The van der Waals surface area contributed by atoms with Gasteiger partial charge in [-0.05, 0) is 132 Å². The molecule has 1 heterocycles. The number of hydrogen-bond donors (Lipinski definition) is 3. The molecule has 0 spiro atoms. The highest BCUT2D eigenvalue weighted by molar-refractivity contribution is 5.22. The van der Waals surface area contributed by atoms with Gasteiger partial charge in [0, 0.05) is 18.7 Å². The van der Waals surface area contributed by atoms with Gasteiger partial charge in [-0.2, -0.15) is 0 Å². The van der Waals surface area contributed by atoms with E-state index in [0.29, 0.717) is 47.0 Å². The van der Waals surface area contributed by atoms with Crippen molar-refractivity contribution in [3.8, 4) is 0 Å². The van der Waals surface area contributed by atoms with Crippen LogP contribution in [0.25, 0.3) is 0 Å². The van der Waals surface area contributed by atoms with Crippen molar-refractivity contribution in [2.45, 2.75) is 118 Å². The molecule has 5 aliphatic rings. The van der Waals surface area contributed by atoms with E-state index in [2.05, 4.69) is 51.6 Å². The molecule has 10 atom stereocenters. The molecule has 0 radical (unpaired) electrons. The second kappa shape index (κ2) is 10.7. The van der Waals surface area contributed by atoms with Crippen LogP contribution in [0.4, 0.5) is 0 Å². The van der Waals surface area contributed by atoms with E-state index in [1.165, 1.54) is 44.1 Å². The van der Waals surface area contributed by atoms with Gasteiger partial charge >= 0.3 is 0 Å². The summed E-state index contributed by atoms with van der Waals surface area (Å²) in [7, 11) is 0. The third-order valence-electron chi connectivity index (χ3n) is 15.0. The molecule has 1 aromatic rings. The zero-order valence-electron chi connectivity index (χ0n) is 26.3. The fourth-order valence-corrected chi connectivity index (χ4v) is 12.5. The van der Waals surface area contributed by atoms with Crippen molar-refractivity contribution in [3.63, 3.8) is 0 Å². The number of aromatic nitrogens is 1. The summed E-state index contributed by atoms with van der Waals surface area (Å²) in [5.74, 6) is 2.89. The van der Waals surface area contributed by atoms with Gasteiger partial charge in [-0.25, -0.2) is 4.57 Å². The zero-order chi connectivity index (χ0) is 28.7. The van der Waals surface area contributed by atoms with Crippen LogP contribution in [0.1, 0.15) is 104 Å². The summed E-state index contributed by atoms with van der Waals surface area (Å²) in [5.41, 5.74) is 3.16. The molecule has 41 heavy (non-hydrogen) atoms. The van der Waals surface area contributed by atoms with Gasteiger partial charge < -0.3 is 32.3 Å². The summed E-state index contributed by atoms with van der Waals surface area (Å²) in [5, 5.41) is 31.4. The van der Waals surface area contributed by atoms with Crippen LogP contribution in [0, 0.1) is 56.7 Å². The monoisotopic (exact) mass is 629 g/mol. The molecule has 0 amide bonds. The summed E-state index contributed by atoms with van der Waals surface area (Å²) in [6.07, 6.45) is 15.8. The Morgan fingerprint density at radius 1 is 0.854 bits per heavy atom. The van der Waals surface area contributed by atoms with Crippen LogP contribution in [0.2, 0.25) is 0 Å². The number of pyridine rings is 1. The Hall–Kier alpha value is -0.750. The minimum absolute atomic E-state index is 0. The minimum Gasteiger partial charge on any atom is -1.00 e. The molecule has 1 aromatic heterocycles. The van der Waals surface area contributed by atoms with Crippen LogP contribution in [0.3, 0.4) is 0 Å². The molecule has 0 saturated heterocycles. The van der Waals surface area contributed by atoms with Crippen molar-refractivity contribution in [3.05, 3.63) is 42.2 Å². The number of allylic oxidation sites excluding steroid dienone is 1. The summed E-state index contributed by atoms with van der Waals surface area (Å²) in [4.78, 5) is 0. The molecule has 5 fully saturated rings. The second-order valence-corrected chi connectivity index (χ2v) is 16.4. The Morgan fingerprint density at radius 2 is 1.56 bits per heavy atom. The molecular formula is C36H56BrNO3. The molecular weight excluding hydrogens is 574 g/mol. The zero-order valence-corrected chi connectivity index (χ0v) is 27.9. The number of nitrogens with zero attached hydrogens (tertiary/aromatic N) is 1. The van der Waals surface area contributed by atoms with Crippen LogP contribution in [0.5, 0.6) is 0 Å². The Balaban J connectivity index is 0.00000337. The van der Waals surface area contributed by atoms with Crippen LogP contribution in [-0.2, 0) is 13.2 Å². The summed E-state index contributed by atoms with van der Waals surface area (Å²) < 4.78 is 2.21. The van der Waals surface area contributed by atoms with Gasteiger partial charge in [-0.1, -0.05) is 41.2 Å². The van der Waals surface area contributed by atoms with Crippen LogP contribution in [-0.4, -0.2) is 28.0 Å². The SMILES string of the molecule is C=C(C[n+]1ccc(CO)cc1)[C@@H]1CC[C@]2(CO)CC[C@]3(C)C(CCC4[C@@]5(C)CC[C@H](O)C(C)(C)C5CC[C@]43C)C12.[Br-]. The summed E-state index contributed by atoms with van der Waals surface area (Å²) in [6.45, 7) is 18.5. The molecule has 3 N–H and O–H groups in total. The predicted molar refractivity (Wildman–Crippen MR) is 159 cm³/mol. The smallest absolute Gasteiger partial charge is 0.169 e. The van der Waals surface area contributed by atoms with Crippen molar-refractivity contribution in [2.24, 2.45) is 56.7 Å². The van der Waals surface area contributed by atoms with E-state index < -0.39 is 0 Å². The van der Waals surface area contributed by atoms with E-state index in [4.69, 9.17) is 6.58 Å². The first kappa shape index (κ1) is 31.7. The fourth-order valence-electron chi connectivity index (χ4n) is 12.5. The highest BCUT2D eigenvalue weighted by atomic mass is 79.9. The lowest BCUT2D eigenvalue weighted by Gasteiger charge is -2.73. The van der Waals surface area contributed by atoms with Crippen LogP contribution < -0.4 is 21.5 Å². The normalized spacial score (nSPS) is 46.3. The maximum Gasteiger partial charge on any atom is 0.169 e. The predicted octanol–water partition coefficient (Wildman–Crippen LogP) is 3.46. The van der Waals surface area contributed by atoms with E-state index in [0.717, 1.165) is 37.8 Å². The summed E-state index contributed by atoms with van der Waals surface area (Å²) in [6, 6.07) is 4.00. The van der Waals surface area contributed by atoms with Gasteiger partial charge in [0.15, 0.2) is 18.9 Å². The van der Waals surface area contributed by atoms with E-state index in [1.54, 1.807) is 0 Å². The molecule has 5 aliphatic carbocycles. The van der Waals surface area contributed by atoms with Crippen LogP contribution >= 0.6 is 0 Å². The minimum atomic E-state index is -0.176. The number of fused-ring (bicyclic) bond motifs is 7. The molecule has 4 unspecified atom stereocenters. The number of rotatable bonds is 5. The van der Waals surface area contributed by atoms with Gasteiger partial charge in [0.1, 0.15) is 0 Å². The molecule has 0 aliphatic heterocycles. The van der Waals surface area contributed by atoms with E-state index in [9.17, 15) is 15.3 Å². The largest absolute Gasteiger partial charge is 1.00 e. The van der Waals surface area contributed by atoms with Gasteiger partial charge in [-0.3, -0.25) is 0 Å². The maximum absolute atomic E-state index is 11.0. The number of aliphatic hydroxyl groups is 3. The topological polar surface area (TPSA) is 64.6 Å². The number of hydrogen-bond acceptors (Lipinski definition) is 3. The first-order valence-corrected chi connectivity index (χ1v) is 16.4.